The van der Waals surface area contributed by atoms with E-state index in [4.69, 9.17) is 5.73 Å². The number of benzene rings is 1. The minimum absolute atomic E-state index is 0.188. The maximum atomic E-state index is 12.0. The van der Waals surface area contributed by atoms with Crippen molar-refractivity contribution in [2.24, 2.45) is 5.73 Å². The maximum absolute atomic E-state index is 12.0. The molecule has 2 N–H and O–H groups in total. The Morgan fingerprint density at radius 2 is 1.90 bits per heavy atom. The molecular formula is C13H11BrF3NOS. The molecule has 0 fully saturated rings. The highest BCUT2D eigenvalue weighted by atomic mass is 79.9. The molecule has 0 bridgehead atoms. The van der Waals surface area contributed by atoms with Crippen molar-refractivity contribution in [2.45, 2.75) is 18.8 Å². The van der Waals surface area contributed by atoms with Crippen molar-refractivity contribution >= 4 is 27.3 Å². The highest BCUT2D eigenvalue weighted by Gasteiger charge is 2.30. The number of halogens is 4. The topological polar surface area (TPSA) is 35.2 Å². The van der Waals surface area contributed by atoms with Crippen LogP contribution in [0, 0.1) is 0 Å². The van der Waals surface area contributed by atoms with E-state index in [1.165, 1.54) is 12.1 Å². The lowest BCUT2D eigenvalue weighted by molar-refractivity contribution is -0.274. The highest BCUT2D eigenvalue weighted by Crippen LogP contribution is 2.27. The van der Waals surface area contributed by atoms with Gasteiger partial charge in [0.05, 0.1) is 3.79 Å². The van der Waals surface area contributed by atoms with Gasteiger partial charge in [-0.3, -0.25) is 0 Å². The van der Waals surface area contributed by atoms with Crippen LogP contribution < -0.4 is 10.5 Å². The van der Waals surface area contributed by atoms with Gasteiger partial charge < -0.3 is 10.5 Å². The van der Waals surface area contributed by atoms with E-state index in [1.54, 1.807) is 23.5 Å². The van der Waals surface area contributed by atoms with E-state index in [2.05, 4.69) is 20.7 Å². The van der Waals surface area contributed by atoms with Gasteiger partial charge in [-0.05, 0) is 57.1 Å². The number of hydrogen-bond donors (Lipinski definition) is 1. The van der Waals surface area contributed by atoms with Gasteiger partial charge in [-0.15, -0.1) is 24.5 Å². The summed E-state index contributed by atoms with van der Waals surface area (Å²) in [5.74, 6) is -0.229. The molecule has 108 valence electrons. The van der Waals surface area contributed by atoms with Crippen LogP contribution in [0.25, 0.3) is 0 Å². The van der Waals surface area contributed by atoms with E-state index in [1.807, 2.05) is 11.4 Å². The number of hydrogen-bond acceptors (Lipinski definition) is 3. The second kappa shape index (κ2) is 6.15. The van der Waals surface area contributed by atoms with Gasteiger partial charge in [0.1, 0.15) is 5.75 Å². The second-order valence-corrected chi connectivity index (χ2v) is 6.48. The lowest BCUT2D eigenvalue weighted by Crippen LogP contribution is -2.17. The molecule has 1 aromatic carbocycles. The van der Waals surface area contributed by atoms with Crippen LogP contribution in [0.15, 0.2) is 39.5 Å². The number of nitrogens with two attached hydrogens (primary N) is 1. The van der Waals surface area contributed by atoms with Crippen LogP contribution in [0.5, 0.6) is 5.75 Å². The fourth-order valence-corrected chi connectivity index (χ4v) is 2.96. The predicted molar refractivity (Wildman–Crippen MR) is 75.8 cm³/mol. The first-order chi connectivity index (χ1) is 9.33. The summed E-state index contributed by atoms with van der Waals surface area (Å²) >= 11 is 4.91. The summed E-state index contributed by atoms with van der Waals surface area (Å²) in [5, 5.41) is 1.95. The number of rotatable bonds is 4. The van der Waals surface area contributed by atoms with Gasteiger partial charge in [0.25, 0.3) is 0 Å². The third-order valence-electron chi connectivity index (χ3n) is 2.63. The van der Waals surface area contributed by atoms with Crippen LogP contribution in [0.1, 0.15) is 17.2 Å². The summed E-state index contributed by atoms with van der Waals surface area (Å²) in [6, 6.07) is 7.51. The third kappa shape index (κ3) is 4.50. The number of ether oxygens (including phenoxy) is 1. The van der Waals surface area contributed by atoms with Crippen LogP contribution in [0.3, 0.4) is 0 Å². The van der Waals surface area contributed by atoms with Crippen molar-refractivity contribution in [3.8, 4) is 5.75 Å². The largest absolute Gasteiger partial charge is 0.573 e. The summed E-state index contributed by atoms with van der Waals surface area (Å²) in [4.78, 5) is 0. The molecule has 2 aromatic rings. The molecule has 0 amide bonds. The Bertz CT molecular complexity index is 568. The normalized spacial score (nSPS) is 13.2. The van der Waals surface area contributed by atoms with Crippen molar-refractivity contribution in [3.05, 3.63) is 50.6 Å². The first-order valence-electron chi connectivity index (χ1n) is 5.68. The minimum Gasteiger partial charge on any atom is -0.406 e. The number of alkyl halides is 3. The molecule has 1 atom stereocenters. The molecule has 0 aliphatic rings. The monoisotopic (exact) mass is 365 g/mol. The molecule has 1 aromatic heterocycles. The fraction of sp³-hybridized carbons (Fsp3) is 0.231. The quantitative estimate of drug-likeness (QED) is 0.855. The molecule has 0 radical (unpaired) electrons. The molecule has 2 rings (SSSR count). The van der Waals surface area contributed by atoms with Gasteiger partial charge >= 0.3 is 6.36 Å². The van der Waals surface area contributed by atoms with E-state index in [-0.39, 0.29) is 11.8 Å². The molecule has 0 saturated carbocycles. The average Bonchev–Trinajstić information content (AvgIpc) is 2.77. The maximum Gasteiger partial charge on any atom is 0.573 e. The molecule has 0 aliphatic heterocycles. The molecule has 0 saturated heterocycles. The molecule has 1 heterocycles. The van der Waals surface area contributed by atoms with E-state index >= 15 is 0 Å². The molecule has 2 nitrogen and oxygen atoms in total. The van der Waals surface area contributed by atoms with Gasteiger partial charge in [0.15, 0.2) is 0 Å². The molecule has 7 heteroatoms. The third-order valence-corrected chi connectivity index (χ3v) is 4.15. The first-order valence-corrected chi connectivity index (χ1v) is 7.35. The van der Waals surface area contributed by atoms with Crippen molar-refractivity contribution in [1.29, 1.82) is 0 Å². The van der Waals surface area contributed by atoms with E-state index in [0.29, 0.717) is 6.42 Å². The lowest BCUT2D eigenvalue weighted by Gasteiger charge is -2.12. The van der Waals surface area contributed by atoms with Crippen molar-refractivity contribution in [3.63, 3.8) is 0 Å². The van der Waals surface area contributed by atoms with Crippen LogP contribution >= 0.6 is 27.3 Å². The summed E-state index contributed by atoms with van der Waals surface area (Å²) < 4.78 is 40.9. The van der Waals surface area contributed by atoms with Crippen LogP contribution in [0.4, 0.5) is 13.2 Å². The summed E-state index contributed by atoms with van der Waals surface area (Å²) in [6.07, 6.45) is -4.11. The zero-order valence-corrected chi connectivity index (χ0v) is 12.6. The fourth-order valence-electron chi connectivity index (χ4n) is 1.72. The van der Waals surface area contributed by atoms with Crippen molar-refractivity contribution < 1.29 is 17.9 Å². The van der Waals surface area contributed by atoms with Crippen molar-refractivity contribution in [2.75, 3.05) is 0 Å². The SMILES string of the molecule is NC(Cc1ccc(OC(F)(F)F)cc1)c1csc(Br)c1. The Labute approximate surface area is 126 Å². The first kappa shape index (κ1) is 15.3. The van der Waals surface area contributed by atoms with Gasteiger partial charge in [-0.25, -0.2) is 0 Å². The molecule has 0 spiro atoms. The minimum atomic E-state index is -4.67. The van der Waals surface area contributed by atoms with Crippen LogP contribution in [0.2, 0.25) is 0 Å². The molecular weight excluding hydrogens is 355 g/mol. The van der Waals surface area contributed by atoms with E-state index in [0.717, 1.165) is 14.9 Å². The molecule has 20 heavy (non-hydrogen) atoms. The van der Waals surface area contributed by atoms with E-state index < -0.39 is 6.36 Å². The Morgan fingerprint density at radius 1 is 1.25 bits per heavy atom. The average molecular weight is 366 g/mol. The molecule has 1 unspecified atom stereocenters. The summed E-state index contributed by atoms with van der Waals surface area (Å²) in [7, 11) is 0. The Hall–Kier alpha value is -1.05. The zero-order valence-electron chi connectivity index (χ0n) is 10.2. The van der Waals surface area contributed by atoms with Crippen molar-refractivity contribution in [1.82, 2.24) is 0 Å². The lowest BCUT2D eigenvalue weighted by atomic mass is 10.0. The van der Waals surface area contributed by atoms with Gasteiger partial charge in [-0.2, -0.15) is 0 Å². The zero-order chi connectivity index (χ0) is 14.8. The standard InChI is InChI=1S/C13H11BrF3NOS/c14-12-6-9(7-20-12)11(18)5-8-1-3-10(4-2-8)19-13(15,16)17/h1-4,6-7,11H,5,18H2. The van der Waals surface area contributed by atoms with Crippen LogP contribution in [-0.4, -0.2) is 6.36 Å². The summed E-state index contributed by atoms with van der Waals surface area (Å²) in [5.41, 5.74) is 7.91. The smallest absolute Gasteiger partial charge is 0.406 e. The Kier molecular flexibility index (Phi) is 4.72. The van der Waals surface area contributed by atoms with Gasteiger partial charge in [0, 0.05) is 6.04 Å². The summed E-state index contributed by atoms with van der Waals surface area (Å²) in [6.45, 7) is 0. The Morgan fingerprint density at radius 3 is 2.40 bits per heavy atom. The van der Waals surface area contributed by atoms with Gasteiger partial charge in [0.2, 0.25) is 0 Å². The van der Waals surface area contributed by atoms with Gasteiger partial charge in [-0.1, -0.05) is 12.1 Å². The predicted octanol–water partition coefficient (Wildman–Crippen LogP) is 4.65. The molecule has 0 aliphatic carbocycles. The van der Waals surface area contributed by atoms with E-state index in [9.17, 15) is 13.2 Å². The Balaban J connectivity index is 2.00. The second-order valence-electron chi connectivity index (χ2n) is 4.19. The number of thiophene rings is 1. The van der Waals surface area contributed by atoms with Crippen LogP contribution in [-0.2, 0) is 6.42 Å². The highest BCUT2D eigenvalue weighted by molar-refractivity contribution is 9.11.